The molecule has 0 aliphatic carbocycles. The highest BCUT2D eigenvalue weighted by atomic mass is 19.3. The van der Waals surface area contributed by atoms with E-state index < -0.39 is 6.11 Å². The van der Waals surface area contributed by atoms with E-state index in [-0.39, 0.29) is 17.5 Å². The Labute approximate surface area is 207 Å². The molecule has 9 nitrogen and oxygen atoms in total. The van der Waals surface area contributed by atoms with Crippen LogP contribution in [-0.2, 0) is 6.54 Å². The van der Waals surface area contributed by atoms with Gasteiger partial charge >= 0.3 is 6.11 Å². The molecule has 0 radical (unpaired) electrons. The fourth-order valence-corrected chi connectivity index (χ4v) is 3.45. The van der Waals surface area contributed by atoms with Crippen LogP contribution in [0.25, 0.3) is 23.1 Å². The van der Waals surface area contributed by atoms with Gasteiger partial charge in [0.2, 0.25) is 11.6 Å². The van der Waals surface area contributed by atoms with Crippen LogP contribution in [0.4, 0.5) is 8.78 Å². The summed E-state index contributed by atoms with van der Waals surface area (Å²) in [6, 6.07) is 13.9. The van der Waals surface area contributed by atoms with Crippen LogP contribution in [0.2, 0.25) is 0 Å². The quantitative estimate of drug-likeness (QED) is 0.276. The molecule has 4 rings (SSSR count). The summed E-state index contributed by atoms with van der Waals surface area (Å²) in [5.41, 5.74) is 1.60. The number of hydrogen-bond donors (Lipinski definition) is 0. The first-order chi connectivity index (χ1) is 17.2. The third-order valence-electron chi connectivity index (χ3n) is 5.13. The molecule has 0 atom stereocenters. The van der Waals surface area contributed by atoms with Crippen LogP contribution in [0.1, 0.15) is 24.7 Å². The summed E-state index contributed by atoms with van der Waals surface area (Å²) < 4.78 is 43.5. The van der Waals surface area contributed by atoms with Crippen molar-refractivity contribution >= 4 is 0 Å². The van der Waals surface area contributed by atoms with Crippen LogP contribution in [0, 0.1) is 6.92 Å². The molecular weight excluding hydrogens is 470 g/mol. The van der Waals surface area contributed by atoms with Crippen molar-refractivity contribution in [1.29, 1.82) is 0 Å². The first-order valence-electron chi connectivity index (χ1n) is 11.5. The molecule has 36 heavy (non-hydrogen) atoms. The van der Waals surface area contributed by atoms with Gasteiger partial charge < -0.3 is 18.9 Å². The summed E-state index contributed by atoms with van der Waals surface area (Å²) in [5.74, 6) is 2.27. The summed E-state index contributed by atoms with van der Waals surface area (Å²) in [4.78, 5) is 10.9. The molecule has 0 saturated carbocycles. The number of ether oxygens (including phenoxy) is 2. The van der Waals surface area contributed by atoms with Crippen molar-refractivity contribution in [2.75, 3.05) is 27.2 Å². The molecule has 2 aromatic carbocycles. The van der Waals surface area contributed by atoms with Gasteiger partial charge in [0.1, 0.15) is 17.3 Å². The van der Waals surface area contributed by atoms with Crippen LogP contribution >= 0.6 is 0 Å². The molecule has 0 aliphatic rings. The van der Waals surface area contributed by atoms with E-state index in [1.807, 2.05) is 45.3 Å². The van der Waals surface area contributed by atoms with Gasteiger partial charge in [0.05, 0.1) is 13.2 Å². The summed E-state index contributed by atoms with van der Waals surface area (Å²) in [6.07, 6.45) is -2.31. The lowest BCUT2D eigenvalue weighted by Crippen LogP contribution is -2.18. The molecule has 0 bridgehead atoms. The Hall–Kier alpha value is -3.86. The minimum atomic E-state index is -3.26. The highest BCUT2D eigenvalue weighted by Gasteiger charge is 2.23. The van der Waals surface area contributed by atoms with E-state index in [4.69, 9.17) is 9.26 Å². The second-order valence-electron chi connectivity index (χ2n) is 8.65. The molecule has 2 heterocycles. The van der Waals surface area contributed by atoms with Crippen LogP contribution in [0.5, 0.6) is 11.5 Å². The average Bonchev–Trinajstić information content (AvgIpc) is 3.44. The Morgan fingerprint density at radius 1 is 1.03 bits per heavy atom. The second kappa shape index (κ2) is 10.8. The molecule has 0 unspecified atom stereocenters. The van der Waals surface area contributed by atoms with E-state index in [1.165, 1.54) is 12.1 Å². The van der Waals surface area contributed by atoms with E-state index in [9.17, 15) is 8.78 Å². The van der Waals surface area contributed by atoms with Gasteiger partial charge in [0.25, 0.3) is 5.89 Å². The van der Waals surface area contributed by atoms with Gasteiger partial charge in [-0.3, -0.25) is 0 Å². The number of aromatic nitrogens is 5. The number of benzene rings is 2. The molecule has 0 fully saturated rings. The third-order valence-corrected chi connectivity index (χ3v) is 5.13. The smallest absolute Gasteiger partial charge is 0.394 e. The molecule has 2 aromatic heterocycles. The minimum absolute atomic E-state index is 0.0361. The van der Waals surface area contributed by atoms with E-state index in [1.54, 1.807) is 16.8 Å². The summed E-state index contributed by atoms with van der Waals surface area (Å²) >= 11 is 0. The number of alkyl halides is 2. The first-order valence-corrected chi connectivity index (χ1v) is 11.5. The zero-order valence-corrected chi connectivity index (χ0v) is 20.6. The van der Waals surface area contributed by atoms with Crippen molar-refractivity contribution < 1.29 is 22.8 Å². The van der Waals surface area contributed by atoms with Gasteiger partial charge in [0, 0.05) is 19.0 Å². The molecule has 0 spiro atoms. The van der Waals surface area contributed by atoms with Crippen LogP contribution < -0.4 is 9.47 Å². The van der Waals surface area contributed by atoms with Crippen molar-refractivity contribution in [2.24, 2.45) is 0 Å². The van der Waals surface area contributed by atoms with Crippen molar-refractivity contribution in [3.63, 3.8) is 0 Å². The minimum Gasteiger partial charge on any atom is -0.494 e. The van der Waals surface area contributed by atoms with Crippen LogP contribution in [0.3, 0.4) is 0 Å². The largest absolute Gasteiger partial charge is 0.494 e. The molecule has 0 aliphatic heterocycles. The van der Waals surface area contributed by atoms with Crippen molar-refractivity contribution in [3.8, 4) is 34.6 Å². The van der Waals surface area contributed by atoms with E-state index in [0.717, 1.165) is 24.3 Å². The van der Waals surface area contributed by atoms with E-state index in [2.05, 4.69) is 29.9 Å². The highest BCUT2D eigenvalue weighted by molar-refractivity contribution is 5.57. The predicted molar refractivity (Wildman–Crippen MR) is 129 cm³/mol. The standard InChI is InChI=1S/C25H28F2N6O3/c1-17-28-23(24-29-22(31-36-24)19-9-11-20(12-10-19)35-25(2,26)27)30-33(17)16-18-7-5-8-21(15-18)34-14-6-13-32(3)4/h5,7-12,15H,6,13-14,16H2,1-4H3. The lowest BCUT2D eigenvalue weighted by atomic mass is 10.2. The lowest BCUT2D eigenvalue weighted by Gasteiger charge is -2.12. The summed E-state index contributed by atoms with van der Waals surface area (Å²) in [6.45, 7) is 4.64. The molecule has 11 heteroatoms. The fourth-order valence-electron chi connectivity index (χ4n) is 3.45. The lowest BCUT2D eigenvalue weighted by molar-refractivity contribution is -0.158. The van der Waals surface area contributed by atoms with Gasteiger partial charge in [-0.25, -0.2) is 9.67 Å². The van der Waals surface area contributed by atoms with Crippen molar-refractivity contribution in [2.45, 2.75) is 32.9 Å². The number of hydrogen-bond acceptors (Lipinski definition) is 8. The van der Waals surface area contributed by atoms with Crippen LogP contribution in [-0.4, -0.2) is 63.2 Å². The normalized spacial score (nSPS) is 11.8. The molecule has 0 amide bonds. The molecule has 4 aromatic rings. The van der Waals surface area contributed by atoms with Gasteiger partial charge in [-0.2, -0.15) is 13.8 Å². The predicted octanol–water partition coefficient (Wildman–Crippen LogP) is 4.67. The molecule has 190 valence electrons. The van der Waals surface area contributed by atoms with Gasteiger partial charge in [-0.1, -0.05) is 17.3 Å². The second-order valence-corrected chi connectivity index (χ2v) is 8.65. The molecule has 0 saturated heterocycles. The van der Waals surface area contributed by atoms with Gasteiger partial charge in [-0.15, -0.1) is 5.10 Å². The topological polar surface area (TPSA) is 91.3 Å². The SMILES string of the molecule is Cc1nc(-c2nc(-c3ccc(OC(C)(F)F)cc3)no2)nn1Cc1cccc(OCCCN(C)C)c1. The van der Waals surface area contributed by atoms with Crippen molar-refractivity contribution in [1.82, 2.24) is 29.8 Å². The average molecular weight is 499 g/mol. The zero-order chi connectivity index (χ0) is 25.7. The van der Waals surface area contributed by atoms with Crippen LogP contribution in [0.15, 0.2) is 53.1 Å². The Kier molecular flexibility index (Phi) is 7.58. The number of halogens is 2. The Morgan fingerprint density at radius 2 is 1.81 bits per heavy atom. The summed E-state index contributed by atoms with van der Waals surface area (Å²) in [7, 11) is 4.08. The Morgan fingerprint density at radius 3 is 2.53 bits per heavy atom. The molecular formula is C25H28F2N6O3. The van der Waals surface area contributed by atoms with Gasteiger partial charge in [0.15, 0.2) is 0 Å². The fraction of sp³-hybridized carbons (Fsp3) is 0.360. The van der Waals surface area contributed by atoms with Crippen molar-refractivity contribution in [3.05, 3.63) is 59.9 Å². The summed E-state index contributed by atoms with van der Waals surface area (Å²) in [5, 5.41) is 8.48. The molecule has 0 N–H and O–H groups in total. The Bertz CT molecular complexity index is 1280. The zero-order valence-electron chi connectivity index (χ0n) is 20.6. The van der Waals surface area contributed by atoms with E-state index >= 15 is 0 Å². The number of nitrogens with zero attached hydrogens (tertiary/aromatic N) is 6. The first kappa shape index (κ1) is 25.2. The maximum atomic E-state index is 13.0. The number of aryl methyl sites for hydroxylation is 1. The third kappa shape index (κ3) is 6.85. The maximum Gasteiger partial charge on any atom is 0.394 e. The Balaban J connectivity index is 1.42. The van der Waals surface area contributed by atoms with E-state index in [0.29, 0.717) is 37.3 Å². The highest BCUT2D eigenvalue weighted by Crippen LogP contribution is 2.26. The maximum absolute atomic E-state index is 13.0. The number of rotatable bonds is 11. The van der Waals surface area contributed by atoms with Gasteiger partial charge in [-0.05, 0) is 69.4 Å². The monoisotopic (exact) mass is 498 g/mol.